The second kappa shape index (κ2) is 28.7. The van der Waals surface area contributed by atoms with Crippen molar-refractivity contribution in [2.75, 3.05) is 139 Å². The van der Waals surface area contributed by atoms with E-state index in [0.29, 0.717) is 126 Å². The Balaban J connectivity index is 1.63. The zero-order chi connectivity index (χ0) is 28.8. The predicted octanol–water partition coefficient (Wildman–Crippen LogP) is 0.263. The lowest BCUT2D eigenvalue weighted by Crippen LogP contribution is -2.33. The maximum Gasteiger partial charge on any atom is 0.253 e. The average molecular weight is 578 g/mol. The molecule has 0 aromatic heterocycles. The van der Waals surface area contributed by atoms with E-state index in [1.807, 2.05) is 0 Å². The molecule has 0 radical (unpaired) electrons. The zero-order valence-electron chi connectivity index (χ0n) is 23.6. The van der Waals surface area contributed by atoms with Crippen molar-refractivity contribution in [1.29, 1.82) is 0 Å². The van der Waals surface area contributed by atoms with Crippen LogP contribution in [0.4, 0.5) is 0 Å². The number of imide groups is 1. The van der Waals surface area contributed by atoms with E-state index >= 15 is 0 Å². The van der Waals surface area contributed by atoms with Gasteiger partial charge in [0.1, 0.15) is 0 Å². The quantitative estimate of drug-likeness (QED) is 0.0618. The first-order valence-corrected chi connectivity index (χ1v) is 13.7. The van der Waals surface area contributed by atoms with Crippen LogP contribution in [0.15, 0.2) is 24.8 Å². The summed E-state index contributed by atoms with van der Waals surface area (Å²) < 4.78 is 53.9. The average Bonchev–Trinajstić information content (AvgIpc) is 3.28. The molecule has 1 rings (SSSR count). The van der Waals surface area contributed by atoms with E-state index in [1.54, 1.807) is 6.08 Å². The maximum atomic E-state index is 11.4. The lowest BCUT2D eigenvalue weighted by atomic mass is 10.5. The van der Waals surface area contributed by atoms with E-state index in [2.05, 4.69) is 6.58 Å². The lowest BCUT2D eigenvalue weighted by molar-refractivity contribution is -0.137. The molecule has 0 aromatic carbocycles. The molecule has 40 heavy (non-hydrogen) atoms. The Morgan fingerprint density at radius 2 is 0.700 bits per heavy atom. The van der Waals surface area contributed by atoms with Gasteiger partial charge in [0.05, 0.1) is 139 Å². The Morgan fingerprint density at radius 3 is 0.975 bits per heavy atom. The highest BCUT2D eigenvalue weighted by Crippen LogP contribution is 2.02. The first-order chi connectivity index (χ1) is 19.8. The summed E-state index contributed by atoms with van der Waals surface area (Å²) in [6, 6.07) is 0. The van der Waals surface area contributed by atoms with Gasteiger partial charge >= 0.3 is 0 Å². The number of hydrogen-bond donors (Lipinski definition) is 0. The third-order valence-electron chi connectivity index (χ3n) is 4.94. The Morgan fingerprint density at radius 1 is 0.450 bits per heavy atom. The van der Waals surface area contributed by atoms with Crippen LogP contribution in [0.3, 0.4) is 0 Å². The standard InChI is InChI=1S/C27H47NO12/c1-2-6-31-8-10-33-12-14-35-16-18-37-20-22-39-24-25-40-23-21-38-19-17-36-15-13-34-11-9-32-7-5-28-26(29)3-4-27(28)30/h2-4H,1,5-25H2. The fraction of sp³-hybridized carbons (Fsp3) is 0.778. The minimum atomic E-state index is -0.305. The van der Waals surface area contributed by atoms with Gasteiger partial charge in [0, 0.05) is 12.2 Å². The Labute approximate surface area is 237 Å². The van der Waals surface area contributed by atoms with Crippen LogP contribution < -0.4 is 0 Å². The normalized spacial score (nSPS) is 13.2. The molecule has 2 amide bonds. The van der Waals surface area contributed by atoms with E-state index in [9.17, 15) is 9.59 Å². The van der Waals surface area contributed by atoms with Crippen molar-refractivity contribution in [1.82, 2.24) is 4.90 Å². The fourth-order valence-electron chi connectivity index (χ4n) is 2.95. The number of hydrogen-bond acceptors (Lipinski definition) is 12. The Hall–Kier alpha value is -1.78. The summed E-state index contributed by atoms with van der Waals surface area (Å²) in [5.74, 6) is -0.610. The smallest absolute Gasteiger partial charge is 0.253 e. The molecule has 0 aliphatic carbocycles. The number of nitrogens with zero attached hydrogens (tertiary/aromatic N) is 1. The van der Waals surface area contributed by atoms with Crippen molar-refractivity contribution >= 4 is 11.8 Å². The summed E-state index contributed by atoms with van der Waals surface area (Å²) >= 11 is 0. The van der Waals surface area contributed by atoms with Crippen LogP contribution in [-0.2, 0) is 57.0 Å². The number of carbonyl (C=O) groups is 2. The van der Waals surface area contributed by atoms with E-state index in [4.69, 9.17) is 47.4 Å². The van der Waals surface area contributed by atoms with Gasteiger partial charge in [0.2, 0.25) is 0 Å². The number of rotatable bonds is 32. The summed E-state index contributed by atoms with van der Waals surface area (Å²) in [5, 5.41) is 0. The van der Waals surface area contributed by atoms with Gasteiger partial charge in [-0.3, -0.25) is 14.5 Å². The molecule has 232 valence electrons. The van der Waals surface area contributed by atoms with Gasteiger partial charge in [0.25, 0.3) is 11.8 Å². The highest BCUT2D eigenvalue weighted by Gasteiger charge is 2.22. The molecule has 0 spiro atoms. The van der Waals surface area contributed by atoms with Gasteiger partial charge in [-0.05, 0) is 0 Å². The molecular weight excluding hydrogens is 530 g/mol. The molecule has 0 N–H and O–H groups in total. The molecule has 0 bridgehead atoms. The molecule has 0 unspecified atom stereocenters. The molecule has 1 aliphatic heterocycles. The molecule has 13 heteroatoms. The van der Waals surface area contributed by atoms with Gasteiger partial charge in [-0.1, -0.05) is 6.08 Å². The van der Waals surface area contributed by atoms with Crippen molar-refractivity contribution in [3.8, 4) is 0 Å². The second-order valence-corrected chi connectivity index (χ2v) is 8.04. The number of carbonyl (C=O) groups excluding carboxylic acids is 2. The highest BCUT2D eigenvalue weighted by atomic mass is 16.6. The van der Waals surface area contributed by atoms with Crippen LogP contribution in [0.2, 0.25) is 0 Å². The SMILES string of the molecule is C=CCOCCOCCOCCOCCOCCOCCOCCOCCOCCOCCN1C(=O)C=CC1=O. The predicted molar refractivity (Wildman–Crippen MR) is 144 cm³/mol. The molecule has 0 aromatic rings. The molecular formula is C27H47NO12. The van der Waals surface area contributed by atoms with Crippen LogP contribution in [0.25, 0.3) is 0 Å². The summed E-state index contributed by atoms with van der Waals surface area (Å²) in [7, 11) is 0. The number of ether oxygens (including phenoxy) is 10. The second-order valence-electron chi connectivity index (χ2n) is 8.04. The fourth-order valence-corrected chi connectivity index (χ4v) is 2.95. The largest absolute Gasteiger partial charge is 0.377 e. The molecule has 0 saturated carbocycles. The summed E-state index contributed by atoms with van der Waals surface area (Å²) in [6.07, 6.45) is 4.22. The van der Waals surface area contributed by atoms with Crippen molar-refractivity contribution in [3.05, 3.63) is 24.8 Å². The van der Waals surface area contributed by atoms with Crippen LogP contribution in [0, 0.1) is 0 Å². The first kappa shape index (κ1) is 36.2. The number of amides is 2. The van der Waals surface area contributed by atoms with Gasteiger partial charge in [0.15, 0.2) is 0 Å². The monoisotopic (exact) mass is 577 g/mol. The molecule has 0 fully saturated rings. The lowest BCUT2D eigenvalue weighted by Gasteiger charge is -2.13. The van der Waals surface area contributed by atoms with Gasteiger partial charge in [-0.25, -0.2) is 0 Å². The maximum absolute atomic E-state index is 11.4. The minimum absolute atomic E-state index is 0.242. The van der Waals surface area contributed by atoms with Crippen molar-refractivity contribution in [3.63, 3.8) is 0 Å². The van der Waals surface area contributed by atoms with E-state index < -0.39 is 0 Å². The van der Waals surface area contributed by atoms with Crippen LogP contribution in [0.1, 0.15) is 0 Å². The van der Waals surface area contributed by atoms with Crippen LogP contribution in [-0.4, -0.2) is 155 Å². The molecule has 1 aliphatic rings. The highest BCUT2D eigenvalue weighted by molar-refractivity contribution is 6.12. The van der Waals surface area contributed by atoms with Crippen LogP contribution >= 0.6 is 0 Å². The molecule has 13 nitrogen and oxygen atoms in total. The van der Waals surface area contributed by atoms with Gasteiger partial charge < -0.3 is 47.4 Å². The molecule has 1 heterocycles. The van der Waals surface area contributed by atoms with E-state index in [0.717, 1.165) is 4.90 Å². The molecule has 0 atom stereocenters. The first-order valence-electron chi connectivity index (χ1n) is 13.7. The Kier molecular flexibility index (Phi) is 26.0. The third kappa shape index (κ3) is 23.0. The third-order valence-corrected chi connectivity index (χ3v) is 4.94. The van der Waals surface area contributed by atoms with E-state index in [1.165, 1.54) is 12.2 Å². The Bertz CT molecular complexity index is 631. The zero-order valence-corrected chi connectivity index (χ0v) is 23.6. The van der Waals surface area contributed by atoms with Gasteiger partial charge in [-0.15, -0.1) is 6.58 Å². The van der Waals surface area contributed by atoms with E-state index in [-0.39, 0.29) is 25.0 Å². The van der Waals surface area contributed by atoms with Crippen LogP contribution in [0.5, 0.6) is 0 Å². The topological polar surface area (TPSA) is 130 Å². The van der Waals surface area contributed by atoms with Crippen molar-refractivity contribution in [2.45, 2.75) is 0 Å². The van der Waals surface area contributed by atoms with Gasteiger partial charge in [-0.2, -0.15) is 0 Å². The summed E-state index contributed by atoms with van der Waals surface area (Å²) in [4.78, 5) is 23.9. The van der Waals surface area contributed by atoms with Crippen molar-refractivity contribution in [2.24, 2.45) is 0 Å². The van der Waals surface area contributed by atoms with Crippen molar-refractivity contribution < 1.29 is 57.0 Å². The minimum Gasteiger partial charge on any atom is -0.377 e. The molecule has 0 saturated heterocycles. The summed E-state index contributed by atoms with van der Waals surface area (Å²) in [6.45, 7) is 13.4. The summed E-state index contributed by atoms with van der Waals surface area (Å²) in [5.41, 5.74) is 0.